The number of nitrogens with two attached hydrogens (primary N) is 1. The fourth-order valence-corrected chi connectivity index (χ4v) is 2.27. The molecule has 1 heterocycles. The van der Waals surface area contributed by atoms with Crippen molar-refractivity contribution in [1.82, 2.24) is 14.9 Å². The summed E-state index contributed by atoms with van der Waals surface area (Å²) in [6, 6.07) is 11.8. The number of nitriles is 1. The number of hydrogen-bond acceptors (Lipinski definition) is 5. The quantitative estimate of drug-likeness (QED) is 0.505. The first-order valence-electron chi connectivity index (χ1n) is 5.58. The summed E-state index contributed by atoms with van der Waals surface area (Å²) < 4.78 is 1.49. The molecule has 1 aromatic carbocycles. The normalized spacial score (nSPS) is 10.2. The molecule has 0 aliphatic carbocycles. The minimum Gasteiger partial charge on any atom is -0.335 e. The third-order valence-corrected chi connectivity index (χ3v) is 3.39. The second-order valence-electron chi connectivity index (χ2n) is 3.65. The van der Waals surface area contributed by atoms with E-state index >= 15 is 0 Å². The molecule has 0 amide bonds. The van der Waals surface area contributed by atoms with E-state index in [1.54, 1.807) is 0 Å². The van der Waals surface area contributed by atoms with E-state index in [0.717, 1.165) is 17.7 Å². The Morgan fingerprint density at radius 2 is 2.06 bits per heavy atom. The summed E-state index contributed by atoms with van der Waals surface area (Å²) >= 11 is 1.52. The molecule has 18 heavy (non-hydrogen) atoms. The van der Waals surface area contributed by atoms with Crippen LogP contribution in [0.1, 0.15) is 12.8 Å². The van der Waals surface area contributed by atoms with Gasteiger partial charge in [0.2, 0.25) is 5.16 Å². The van der Waals surface area contributed by atoms with Crippen molar-refractivity contribution in [3.8, 4) is 17.5 Å². The van der Waals surface area contributed by atoms with Crippen LogP contribution in [0, 0.1) is 11.3 Å². The first kappa shape index (κ1) is 12.5. The van der Waals surface area contributed by atoms with Crippen LogP contribution in [0.25, 0.3) is 11.4 Å². The van der Waals surface area contributed by atoms with Gasteiger partial charge in [0.25, 0.3) is 0 Å². The van der Waals surface area contributed by atoms with Crippen molar-refractivity contribution in [1.29, 1.82) is 5.26 Å². The predicted octanol–water partition coefficient (Wildman–Crippen LogP) is 2.05. The Balaban J connectivity index is 2.08. The van der Waals surface area contributed by atoms with Gasteiger partial charge in [0.1, 0.15) is 0 Å². The molecule has 2 aromatic rings. The molecule has 2 rings (SSSR count). The summed E-state index contributed by atoms with van der Waals surface area (Å²) in [4.78, 5) is 0. The zero-order chi connectivity index (χ0) is 12.8. The standard InChI is InChI=1S/C12H13N5S/c13-8-4-5-9-18-12-16-15-11(17(12)14)10-6-2-1-3-7-10/h1-3,6-7H,4-5,9,14H2. The zero-order valence-corrected chi connectivity index (χ0v) is 10.6. The molecule has 5 nitrogen and oxygen atoms in total. The molecule has 0 bridgehead atoms. The van der Waals surface area contributed by atoms with Gasteiger partial charge in [-0.3, -0.25) is 0 Å². The van der Waals surface area contributed by atoms with Crippen molar-refractivity contribution in [2.24, 2.45) is 0 Å². The van der Waals surface area contributed by atoms with E-state index < -0.39 is 0 Å². The molecule has 2 N–H and O–H groups in total. The van der Waals surface area contributed by atoms with Crippen LogP contribution in [0.2, 0.25) is 0 Å². The van der Waals surface area contributed by atoms with Gasteiger partial charge < -0.3 is 5.84 Å². The SMILES string of the molecule is N#CCCCSc1nnc(-c2ccccc2)n1N. The minimum absolute atomic E-state index is 0.553. The first-order chi connectivity index (χ1) is 8.83. The van der Waals surface area contributed by atoms with Gasteiger partial charge in [-0.1, -0.05) is 42.1 Å². The number of rotatable bonds is 5. The van der Waals surface area contributed by atoms with Gasteiger partial charge >= 0.3 is 0 Å². The summed E-state index contributed by atoms with van der Waals surface area (Å²) in [7, 11) is 0. The van der Waals surface area contributed by atoms with Gasteiger partial charge in [-0.05, 0) is 6.42 Å². The van der Waals surface area contributed by atoms with E-state index in [2.05, 4.69) is 16.3 Å². The number of aromatic nitrogens is 3. The second-order valence-corrected chi connectivity index (χ2v) is 4.71. The Labute approximate surface area is 110 Å². The monoisotopic (exact) mass is 259 g/mol. The van der Waals surface area contributed by atoms with Gasteiger partial charge in [0.05, 0.1) is 6.07 Å². The average molecular weight is 259 g/mol. The molecule has 0 aliphatic rings. The Hall–Kier alpha value is -2.00. The van der Waals surface area contributed by atoms with Crippen LogP contribution >= 0.6 is 11.8 Å². The summed E-state index contributed by atoms with van der Waals surface area (Å²) in [5.74, 6) is 7.42. The molecule has 0 spiro atoms. The maximum absolute atomic E-state index is 8.45. The second kappa shape index (κ2) is 6.07. The fraction of sp³-hybridized carbons (Fsp3) is 0.250. The van der Waals surface area contributed by atoms with Crippen LogP contribution in [-0.2, 0) is 0 Å². The van der Waals surface area contributed by atoms with Crippen molar-refractivity contribution in [2.75, 3.05) is 11.6 Å². The molecule has 0 unspecified atom stereocenters. The lowest BCUT2D eigenvalue weighted by molar-refractivity contribution is 0.846. The minimum atomic E-state index is 0.553. The summed E-state index contributed by atoms with van der Waals surface area (Å²) in [5, 5.41) is 17.3. The van der Waals surface area contributed by atoms with Gasteiger partial charge in [-0.15, -0.1) is 10.2 Å². The molecule has 0 aliphatic heterocycles. The van der Waals surface area contributed by atoms with Crippen LogP contribution in [0.15, 0.2) is 35.5 Å². The van der Waals surface area contributed by atoms with Crippen LogP contribution in [0.5, 0.6) is 0 Å². The number of hydrogen-bond donors (Lipinski definition) is 1. The zero-order valence-electron chi connectivity index (χ0n) is 9.78. The topological polar surface area (TPSA) is 80.5 Å². The summed E-state index contributed by atoms with van der Waals surface area (Å²) in [5.41, 5.74) is 0.941. The maximum Gasteiger partial charge on any atom is 0.210 e. The first-order valence-corrected chi connectivity index (χ1v) is 6.57. The molecule has 0 radical (unpaired) electrons. The van der Waals surface area contributed by atoms with Crippen LogP contribution in [0.3, 0.4) is 0 Å². The number of nitrogens with zero attached hydrogens (tertiary/aromatic N) is 4. The van der Waals surface area contributed by atoms with Crippen molar-refractivity contribution >= 4 is 11.8 Å². The van der Waals surface area contributed by atoms with Crippen molar-refractivity contribution in [3.63, 3.8) is 0 Å². The highest BCUT2D eigenvalue weighted by Crippen LogP contribution is 2.21. The molecule has 6 heteroatoms. The molecule has 0 fully saturated rings. The van der Waals surface area contributed by atoms with E-state index in [1.807, 2.05) is 30.3 Å². The molecule has 0 atom stereocenters. The molecule has 0 saturated heterocycles. The van der Waals surface area contributed by atoms with Crippen LogP contribution in [0.4, 0.5) is 0 Å². The lowest BCUT2D eigenvalue weighted by atomic mass is 10.2. The van der Waals surface area contributed by atoms with Crippen LogP contribution < -0.4 is 5.84 Å². The van der Waals surface area contributed by atoms with E-state index in [9.17, 15) is 0 Å². The van der Waals surface area contributed by atoms with Gasteiger partial charge in [0, 0.05) is 17.7 Å². The van der Waals surface area contributed by atoms with Crippen molar-refractivity contribution in [2.45, 2.75) is 18.0 Å². The number of unbranched alkanes of at least 4 members (excludes halogenated alkanes) is 1. The number of nitrogen functional groups attached to an aromatic ring is 1. The van der Waals surface area contributed by atoms with E-state index in [4.69, 9.17) is 11.1 Å². The molecular formula is C12H13N5S. The number of benzene rings is 1. The highest BCUT2D eigenvalue weighted by molar-refractivity contribution is 7.99. The molecule has 1 aromatic heterocycles. The van der Waals surface area contributed by atoms with Crippen molar-refractivity contribution < 1.29 is 0 Å². The Morgan fingerprint density at radius 3 is 2.78 bits per heavy atom. The Bertz CT molecular complexity index is 543. The third kappa shape index (κ3) is 2.81. The highest BCUT2D eigenvalue weighted by Gasteiger charge is 2.11. The summed E-state index contributed by atoms with van der Waals surface area (Å²) in [6.45, 7) is 0. The Kier molecular flexibility index (Phi) is 4.20. The molecular weight excluding hydrogens is 246 g/mol. The van der Waals surface area contributed by atoms with E-state index in [0.29, 0.717) is 17.4 Å². The lowest BCUT2D eigenvalue weighted by Gasteiger charge is -2.02. The highest BCUT2D eigenvalue weighted by atomic mass is 32.2. The van der Waals surface area contributed by atoms with E-state index in [-0.39, 0.29) is 0 Å². The lowest BCUT2D eigenvalue weighted by Crippen LogP contribution is -2.11. The molecule has 92 valence electrons. The Morgan fingerprint density at radius 1 is 1.28 bits per heavy atom. The van der Waals surface area contributed by atoms with Crippen LogP contribution in [-0.4, -0.2) is 20.6 Å². The predicted molar refractivity (Wildman–Crippen MR) is 71.2 cm³/mol. The van der Waals surface area contributed by atoms with Gasteiger partial charge in [-0.25, -0.2) is 4.68 Å². The summed E-state index contributed by atoms with van der Waals surface area (Å²) in [6.07, 6.45) is 1.38. The third-order valence-electron chi connectivity index (χ3n) is 2.36. The van der Waals surface area contributed by atoms with Crippen molar-refractivity contribution in [3.05, 3.63) is 30.3 Å². The maximum atomic E-state index is 8.45. The largest absolute Gasteiger partial charge is 0.335 e. The van der Waals surface area contributed by atoms with Gasteiger partial charge in [0.15, 0.2) is 5.82 Å². The molecule has 0 saturated carbocycles. The van der Waals surface area contributed by atoms with E-state index in [1.165, 1.54) is 16.4 Å². The number of thioether (sulfide) groups is 1. The smallest absolute Gasteiger partial charge is 0.210 e. The average Bonchev–Trinajstić information content (AvgIpc) is 2.77. The fourth-order valence-electron chi connectivity index (χ4n) is 1.47. The van der Waals surface area contributed by atoms with Gasteiger partial charge in [-0.2, -0.15) is 5.26 Å².